The number of hydrogen-bond donors (Lipinski definition) is 0. The maximum absolute atomic E-state index is 4.54. The Hall–Kier alpha value is -1.38. The average molecular weight is 326 g/mol. The van der Waals surface area contributed by atoms with Crippen molar-refractivity contribution in [3.05, 3.63) is 41.5 Å². The molecule has 1 heterocycles. The molecule has 3 heteroatoms. The summed E-state index contributed by atoms with van der Waals surface area (Å²) in [6.45, 7) is 19.5. The Kier molecular flexibility index (Phi) is 7.44. The van der Waals surface area contributed by atoms with Crippen molar-refractivity contribution in [2.24, 2.45) is 11.8 Å². The van der Waals surface area contributed by atoms with Crippen LogP contribution in [0.25, 0.3) is 5.57 Å². The number of hydrogen-bond acceptors (Lipinski definition) is 2. The molecule has 0 N–H and O–H groups in total. The van der Waals surface area contributed by atoms with Crippen LogP contribution >= 0.6 is 0 Å². The lowest BCUT2D eigenvalue weighted by molar-refractivity contribution is 0.263. The Bertz CT molecular complexity index is 575. The van der Waals surface area contributed by atoms with Gasteiger partial charge in [0.15, 0.2) is 0 Å². The van der Waals surface area contributed by atoms with E-state index in [1.807, 2.05) is 13.0 Å². The molecule has 2 unspecified atom stereocenters. The number of allylic oxidation sites excluding steroid dienone is 3. The van der Waals surface area contributed by atoms with Crippen LogP contribution < -0.4 is 0 Å². The van der Waals surface area contributed by atoms with Gasteiger partial charge in [0, 0.05) is 17.0 Å². The minimum absolute atomic E-state index is 0.262. The van der Waals surface area contributed by atoms with E-state index in [4.69, 9.17) is 0 Å². The fourth-order valence-corrected chi connectivity index (χ4v) is 3.78. The van der Waals surface area contributed by atoms with Crippen molar-refractivity contribution in [3.63, 3.8) is 0 Å². The molecule has 0 amide bonds. The zero-order valence-electron chi connectivity index (χ0n) is 17.0. The molecule has 0 spiro atoms. The van der Waals surface area contributed by atoms with Gasteiger partial charge in [0.25, 0.3) is 0 Å². The van der Waals surface area contributed by atoms with Gasteiger partial charge in [-0.15, -0.1) is 0 Å². The van der Waals surface area contributed by atoms with Crippen molar-refractivity contribution in [2.45, 2.75) is 73.0 Å². The van der Waals surface area contributed by atoms with Gasteiger partial charge in [0.1, 0.15) is 13.7 Å². The molecule has 0 bridgehead atoms. The van der Waals surface area contributed by atoms with Crippen LogP contribution in [0, 0.1) is 32.6 Å². The summed E-state index contributed by atoms with van der Waals surface area (Å²) >= 11 is 0. The van der Waals surface area contributed by atoms with E-state index in [-0.39, 0.29) is 5.31 Å². The molecular formula is C21H35BN2. The highest BCUT2D eigenvalue weighted by atomic mass is 14.9. The SMILES string of the molecule is BC(C)(C/C=C(/C=C)c1c(C)nc(C)nc1C)C(C)C(CC)CC. The first-order chi connectivity index (χ1) is 11.2. The molecule has 1 aromatic rings. The second-order valence-corrected chi connectivity index (χ2v) is 7.74. The summed E-state index contributed by atoms with van der Waals surface area (Å²) in [6, 6.07) is 0. The van der Waals surface area contributed by atoms with Gasteiger partial charge < -0.3 is 0 Å². The van der Waals surface area contributed by atoms with E-state index < -0.39 is 0 Å². The zero-order chi connectivity index (χ0) is 18.5. The maximum atomic E-state index is 4.54. The molecule has 2 atom stereocenters. The highest BCUT2D eigenvalue weighted by molar-refractivity contribution is 6.15. The Morgan fingerprint density at radius 1 is 1.17 bits per heavy atom. The number of rotatable bonds is 8. The van der Waals surface area contributed by atoms with Crippen molar-refractivity contribution in [1.29, 1.82) is 0 Å². The highest BCUT2D eigenvalue weighted by Gasteiger charge is 2.29. The lowest BCUT2D eigenvalue weighted by Gasteiger charge is -2.36. The summed E-state index contributed by atoms with van der Waals surface area (Å²) in [6.07, 6.45) is 7.83. The molecule has 0 aromatic carbocycles. The van der Waals surface area contributed by atoms with Crippen molar-refractivity contribution in [2.75, 3.05) is 0 Å². The molecule has 0 saturated heterocycles. The van der Waals surface area contributed by atoms with E-state index in [1.165, 1.54) is 12.8 Å². The monoisotopic (exact) mass is 326 g/mol. The highest BCUT2D eigenvalue weighted by Crippen LogP contribution is 2.43. The number of aryl methyl sites for hydroxylation is 3. The topological polar surface area (TPSA) is 25.8 Å². The van der Waals surface area contributed by atoms with Gasteiger partial charge in [-0.1, -0.05) is 64.6 Å². The minimum Gasteiger partial charge on any atom is -0.238 e. The van der Waals surface area contributed by atoms with Crippen LogP contribution in [-0.2, 0) is 0 Å². The summed E-state index contributed by atoms with van der Waals surface area (Å²) < 4.78 is 0. The number of nitrogens with zero attached hydrogens (tertiary/aromatic N) is 2. The van der Waals surface area contributed by atoms with Gasteiger partial charge in [0.05, 0.1) is 0 Å². The van der Waals surface area contributed by atoms with E-state index in [9.17, 15) is 0 Å². The predicted octanol–water partition coefficient (Wildman–Crippen LogP) is 5.25. The van der Waals surface area contributed by atoms with Crippen LogP contribution in [0.2, 0.25) is 5.31 Å². The molecule has 132 valence electrons. The van der Waals surface area contributed by atoms with E-state index in [2.05, 4.69) is 72.0 Å². The smallest absolute Gasteiger partial charge is 0.125 e. The van der Waals surface area contributed by atoms with Crippen molar-refractivity contribution in [3.8, 4) is 0 Å². The Balaban J connectivity index is 3.12. The predicted molar refractivity (Wildman–Crippen MR) is 109 cm³/mol. The Morgan fingerprint density at radius 3 is 2.08 bits per heavy atom. The van der Waals surface area contributed by atoms with E-state index in [1.54, 1.807) is 0 Å². The molecule has 0 saturated carbocycles. The molecule has 2 nitrogen and oxygen atoms in total. The number of aromatic nitrogens is 2. The fraction of sp³-hybridized carbons (Fsp3) is 0.619. The van der Waals surface area contributed by atoms with Gasteiger partial charge in [0.2, 0.25) is 0 Å². The zero-order valence-corrected chi connectivity index (χ0v) is 17.0. The lowest BCUT2D eigenvalue weighted by atomic mass is 9.56. The molecule has 0 aliphatic rings. The Labute approximate surface area is 150 Å². The van der Waals surface area contributed by atoms with Crippen LogP contribution in [0.5, 0.6) is 0 Å². The van der Waals surface area contributed by atoms with Crippen LogP contribution in [0.4, 0.5) is 0 Å². The normalized spacial score (nSPS) is 16.1. The van der Waals surface area contributed by atoms with E-state index in [0.29, 0.717) is 5.92 Å². The molecule has 1 rings (SSSR count). The molecule has 24 heavy (non-hydrogen) atoms. The summed E-state index contributed by atoms with van der Waals surface area (Å²) in [5, 5.41) is 0.262. The summed E-state index contributed by atoms with van der Waals surface area (Å²) in [7, 11) is 2.39. The minimum atomic E-state index is 0.262. The molecule has 0 radical (unpaired) electrons. The third-order valence-corrected chi connectivity index (χ3v) is 5.73. The summed E-state index contributed by atoms with van der Waals surface area (Å²) in [4.78, 5) is 9.08. The average Bonchev–Trinajstić information content (AvgIpc) is 2.50. The van der Waals surface area contributed by atoms with Gasteiger partial charge in [-0.2, -0.15) is 0 Å². The van der Waals surface area contributed by atoms with Gasteiger partial charge >= 0.3 is 0 Å². The molecule has 1 aromatic heterocycles. The maximum Gasteiger partial charge on any atom is 0.125 e. The lowest BCUT2D eigenvalue weighted by Crippen LogP contribution is -2.25. The standard InChI is InChI=1S/C21H35BN2/c1-9-18(10-2)14(4)21(8,22)13-12-19(11-3)20-15(5)23-17(7)24-16(20)6/h11-12,14,18H,3,9-10,13,22H2,1-2,4-8H3/b19-12-. The first-order valence-corrected chi connectivity index (χ1v) is 9.32. The molecular weight excluding hydrogens is 291 g/mol. The summed E-state index contributed by atoms with van der Waals surface area (Å²) in [5.41, 5.74) is 4.38. The van der Waals surface area contributed by atoms with Gasteiger partial charge in [-0.05, 0) is 44.6 Å². The second-order valence-electron chi connectivity index (χ2n) is 7.74. The van der Waals surface area contributed by atoms with Crippen LogP contribution in [0.15, 0.2) is 18.7 Å². The quantitative estimate of drug-likeness (QED) is 0.482. The first kappa shape index (κ1) is 20.7. The first-order valence-electron chi connectivity index (χ1n) is 9.32. The van der Waals surface area contributed by atoms with Crippen molar-refractivity contribution < 1.29 is 0 Å². The van der Waals surface area contributed by atoms with E-state index in [0.717, 1.165) is 40.7 Å². The van der Waals surface area contributed by atoms with Gasteiger partial charge in [-0.3, -0.25) is 0 Å². The largest absolute Gasteiger partial charge is 0.238 e. The van der Waals surface area contributed by atoms with Crippen LogP contribution in [0.3, 0.4) is 0 Å². The van der Waals surface area contributed by atoms with Crippen LogP contribution in [-0.4, -0.2) is 17.8 Å². The van der Waals surface area contributed by atoms with Crippen LogP contribution in [0.1, 0.15) is 69.7 Å². The van der Waals surface area contributed by atoms with Crippen molar-refractivity contribution >= 4 is 13.4 Å². The summed E-state index contributed by atoms with van der Waals surface area (Å²) in [5.74, 6) is 2.30. The Morgan fingerprint density at radius 2 is 1.67 bits per heavy atom. The molecule has 0 fully saturated rings. The fourth-order valence-electron chi connectivity index (χ4n) is 3.78. The van der Waals surface area contributed by atoms with Crippen molar-refractivity contribution in [1.82, 2.24) is 9.97 Å². The molecule has 0 aliphatic heterocycles. The van der Waals surface area contributed by atoms with Gasteiger partial charge in [-0.25, -0.2) is 9.97 Å². The molecule has 0 aliphatic carbocycles. The van der Waals surface area contributed by atoms with E-state index >= 15 is 0 Å². The third kappa shape index (κ3) is 4.81. The third-order valence-electron chi connectivity index (χ3n) is 5.73. The second kappa shape index (κ2) is 8.64.